The van der Waals surface area contributed by atoms with Crippen molar-refractivity contribution >= 4 is 35.0 Å². The van der Waals surface area contributed by atoms with Gasteiger partial charge in [-0.05, 0) is 43.7 Å². The molecule has 0 saturated carbocycles. The van der Waals surface area contributed by atoms with E-state index in [0.717, 1.165) is 24.6 Å². The number of halogens is 3. The number of fused-ring (bicyclic) bond motifs is 2. The maximum atomic E-state index is 12.5. The van der Waals surface area contributed by atoms with E-state index in [1.807, 2.05) is 0 Å². The minimum absolute atomic E-state index is 0.0672. The number of thioether (sulfide) groups is 1. The molecular formula is C17H21ClF2N2OS. The summed E-state index contributed by atoms with van der Waals surface area (Å²) in [5, 5.41) is 6.81. The Morgan fingerprint density at radius 3 is 2.71 bits per heavy atom. The molecule has 0 aliphatic carbocycles. The predicted molar refractivity (Wildman–Crippen MR) is 94.1 cm³/mol. The lowest BCUT2D eigenvalue weighted by molar-refractivity contribution is -0.117. The molecule has 7 heteroatoms. The molecule has 132 valence electrons. The second-order valence-corrected chi connectivity index (χ2v) is 7.98. The normalized spacial score (nSPS) is 25.9. The third kappa shape index (κ3) is 4.61. The van der Waals surface area contributed by atoms with Crippen molar-refractivity contribution in [3.8, 4) is 0 Å². The zero-order chi connectivity index (χ0) is 17.1. The molecule has 2 bridgehead atoms. The summed E-state index contributed by atoms with van der Waals surface area (Å²) in [7, 11) is 0. The van der Waals surface area contributed by atoms with Gasteiger partial charge in [-0.25, -0.2) is 8.78 Å². The Balaban J connectivity index is 1.60. The van der Waals surface area contributed by atoms with Gasteiger partial charge in [-0.2, -0.15) is 0 Å². The highest BCUT2D eigenvalue weighted by atomic mass is 35.5. The van der Waals surface area contributed by atoms with Crippen molar-refractivity contribution in [1.29, 1.82) is 0 Å². The number of anilines is 1. The Kier molecular flexibility index (Phi) is 6.00. The third-order valence-corrected chi connectivity index (χ3v) is 6.21. The van der Waals surface area contributed by atoms with Crippen LogP contribution in [-0.2, 0) is 4.79 Å². The molecule has 3 rings (SSSR count). The van der Waals surface area contributed by atoms with Crippen LogP contribution in [0.4, 0.5) is 14.5 Å². The Labute approximate surface area is 149 Å². The Bertz CT molecular complexity index is 590. The first-order valence-electron chi connectivity index (χ1n) is 8.26. The SMILES string of the molecule is O=C(CC1CC2CCC(C1)N2)Nc1cccc(Cl)c1SCC(F)F. The predicted octanol–water partition coefficient (Wildman–Crippen LogP) is 4.56. The third-order valence-electron chi connectivity index (χ3n) is 4.64. The van der Waals surface area contributed by atoms with Crippen LogP contribution >= 0.6 is 23.4 Å². The highest BCUT2D eigenvalue weighted by Gasteiger charge is 2.34. The van der Waals surface area contributed by atoms with Crippen LogP contribution in [0.5, 0.6) is 0 Å². The van der Waals surface area contributed by atoms with E-state index in [-0.39, 0.29) is 11.7 Å². The lowest BCUT2D eigenvalue weighted by atomic mass is 9.89. The van der Waals surface area contributed by atoms with E-state index in [2.05, 4.69) is 10.6 Å². The second-order valence-electron chi connectivity index (χ2n) is 6.55. The average molecular weight is 375 g/mol. The summed E-state index contributed by atoms with van der Waals surface area (Å²) < 4.78 is 25.0. The number of piperidine rings is 1. The van der Waals surface area contributed by atoms with E-state index < -0.39 is 6.43 Å². The van der Waals surface area contributed by atoms with Crippen LogP contribution in [0.3, 0.4) is 0 Å². The van der Waals surface area contributed by atoms with Gasteiger partial charge in [-0.1, -0.05) is 17.7 Å². The van der Waals surface area contributed by atoms with Gasteiger partial charge in [-0.3, -0.25) is 4.79 Å². The van der Waals surface area contributed by atoms with E-state index in [4.69, 9.17) is 11.6 Å². The number of alkyl halides is 2. The van der Waals surface area contributed by atoms with Crippen LogP contribution in [0.1, 0.15) is 32.1 Å². The van der Waals surface area contributed by atoms with Gasteiger partial charge in [0.15, 0.2) is 0 Å². The van der Waals surface area contributed by atoms with Crippen LogP contribution in [0.2, 0.25) is 5.02 Å². The van der Waals surface area contributed by atoms with E-state index >= 15 is 0 Å². The largest absolute Gasteiger partial charge is 0.325 e. The smallest absolute Gasteiger partial charge is 0.247 e. The van der Waals surface area contributed by atoms with Crippen LogP contribution in [-0.4, -0.2) is 30.2 Å². The molecule has 2 atom stereocenters. The number of rotatable bonds is 6. The highest BCUT2D eigenvalue weighted by molar-refractivity contribution is 7.99. The molecule has 1 aromatic carbocycles. The van der Waals surface area contributed by atoms with Crippen molar-refractivity contribution < 1.29 is 13.6 Å². The Hall–Kier alpha value is -0.850. The lowest BCUT2D eigenvalue weighted by Gasteiger charge is -2.28. The van der Waals surface area contributed by atoms with Gasteiger partial charge in [0.25, 0.3) is 0 Å². The fourth-order valence-corrected chi connectivity index (χ4v) is 4.82. The minimum atomic E-state index is -2.42. The van der Waals surface area contributed by atoms with Gasteiger partial charge in [-0.15, -0.1) is 11.8 Å². The van der Waals surface area contributed by atoms with Crippen molar-refractivity contribution in [2.75, 3.05) is 11.1 Å². The summed E-state index contributed by atoms with van der Waals surface area (Å²) in [6.45, 7) is 0. The first-order valence-corrected chi connectivity index (χ1v) is 9.63. The van der Waals surface area contributed by atoms with Crippen molar-refractivity contribution in [2.24, 2.45) is 5.92 Å². The van der Waals surface area contributed by atoms with Crippen molar-refractivity contribution in [2.45, 2.75) is 55.5 Å². The molecule has 0 spiro atoms. The van der Waals surface area contributed by atoms with Gasteiger partial charge < -0.3 is 10.6 Å². The van der Waals surface area contributed by atoms with Gasteiger partial charge in [0.1, 0.15) is 0 Å². The maximum Gasteiger partial charge on any atom is 0.247 e. The molecule has 2 aliphatic heterocycles. The number of carbonyl (C=O) groups excluding carboxylic acids is 1. The standard InChI is InChI=1S/C17H21ClF2N2OS/c18-13-2-1-3-14(17(13)24-9-15(19)20)22-16(23)8-10-6-11-4-5-12(7-10)21-11/h1-3,10-12,15,21H,4-9H2,(H,22,23). The van der Waals surface area contributed by atoms with Crippen LogP contribution in [0.25, 0.3) is 0 Å². The molecule has 2 saturated heterocycles. The first kappa shape index (κ1) is 18.0. The molecule has 24 heavy (non-hydrogen) atoms. The monoisotopic (exact) mass is 374 g/mol. The number of hydrogen-bond donors (Lipinski definition) is 2. The van der Waals surface area contributed by atoms with Crippen molar-refractivity contribution in [3.63, 3.8) is 0 Å². The van der Waals surface area contributed by atoms with Gasteiger partial charge >= 0.3 is 0 Å². The number of amides is 1. The highest BCUT2D eigenvalue weighted by Crippen LogP contribution is 2.36. The van der Waals surface area contributed by atoms with Crippen molar-refractivity contribution in [1.82, 2.24) is 5.32 Å². The molecule has 0 radical (unpaired) electrons. The van der Waals surface area contributed by atoms with Gasteiger partial charge in [0.2, 0.25) is 12.3 Å². The molecule has 0 aromatic heterocycles. The average Bonchev–Trinajstić information content (AvgIpc) is 2.85. The number of nitrogens with one attached hydrogen (secondary N) is 2. The Morgan fingerprint density at radius 2 is 2.04 bits per heavy atom. The topological polar surface area (TPSA) is 41.1 Å². The molecule has 2 unspecified atom stereocenters. The molecule has 1 aromatic rings. The molecule has 2 heterocycles. The summed E-state index contributed by atoms with van der Waals surface area (Å²) in [6.07, 6.45) is 2.52. The maximum absolute atomic E-state index is 12.5. The fraction of sp³-hybridized carbons (Fsp3) is 0.588. The molecule has 1 amide bonds. The van der Waals surface area contributed by atoms with Gasteiger partial charge in [0, 0.05) is 23.4 Å². The number of carbonyl (C=O) groups is 1. The zero-order valence-electron chi connectivity index (χ0n) is 13.2. The quantitative estimate of drug-likeness (QED) is 0.717. The molecule has 2 aliphatic rings. The Morgan fingerprint density at radius 1 is 1.33 bits per heavy atom. The summed E-state index contributed by atoms with van der Waals surface area (Å²) in [5.41, 5.74) is 0.523. The summed E-state index contributed by atoms with van der Waals surface area (Å²) in [5.74, 6) is -0.0212. The van der Waals surface area contributed by atoms with Crippen LogP contribution < -0.4 is 10.6 Å². The van der Waals surface area contributed by atoms with E-state index in [1.54, 1.807) is 18.2 Å². The first-order chi connectivity index (χ1) is 11.5. The zero-order valence-corrected chi connectivity index (χ0v) is 14.8. The summed E-state index contributed by atoms with van der Waals surface area (Å²) in [4.78, 5) is 12.9. The number of benzene rings is 1. The summed E-state index contributed by atoms with van der Waals surface area (Å²) >= 11 is 7.08. The van der Waals surface area contributed by atoms with Gasteiger partial charge in [0.05, 0.1) is 16.5 Å². The van der Waals surface area contributed by atoms with Crippen molar-refractivity contribution in [3.05, 3.63) is 23.2 Å². The molecule has 2 fully saturated rings. The second kappa shape index (κ2) is 8.02. The number of hydrogen-bond acceptors (Lipinski definition) is 3. The molecular weight excluding hydrogens is 354 g/mol. The van der Waals surface area contributed by atoms with E-state index in [1.165, 1.54) is 12.8 Å². The van der Waals surface area contributed by atoms with Crippen LogP contribution in [0, 0.1) is 5.92 Å². The molecule has 3 nitrogen and oxygen atoms in total. The fourth-order valence-electron chi connectivity index (χ4n) is 3.71. The van der Waals surface area contributed by atoms with Crippen LogP contribution in [0.15, 0.2) is 23.1 Å². The minimum Gasteiger partial charge on any atom is -0.325 e. The molecule has 2 N–H and O–H groups in total. The van der Waals surface area contributed by atoms with E-state index in [0.29, 0.717) is 40.0 Å². The van der Waals surface area contributed by atoms with E-state index in [9.17, 15) is 13.6 Å². The lowest BCUT2D eigenvalue weighted by Crippen LogP contribution is -2.39. The summed E-state index contributed by atoms with van der Waals surface area (Å²) in [6, 6.07) is 6.17.